The van der Waals surface area contributed by atoms with Crippen molar-refractivity contribution in [1.82, 2.24) is 14.9 Å². The summed E-state index contributed by atoms with van der Waals surface area (Å²) >= 11 is 0. The van der Waals surface area contributed by atoms with E-state index in [1.807, 2.05) is 4.90 Å². The van der Waals surface area contributed by atoms with E-state index in [-0.39, 0.29) is 12.2 Å². The second kappa shape index (κ2) is 9.28. The quantitative estimate of drug-likeness (QED) is 0.570. The minimum absolute atomic E-state index is 0.260. The molecule has 2 aliphatic rings. The highest BCUT2D eigenvalue weighted by atomic mass is 19.1. The van der Waals surface area contributed by atoms with Crippen LogP contribution < -0.4 is 4.90 Å². The Morgan fingerprint density at radius 1 is 1.10 bits per heavy atom. The zero-order valence-electron chi connectivity index (χ0n) is 16.4. The number of anilines is 1. The average molecular weight is 399 g/mol. The molecule has 0 atom stereocenters. The Hall–Kier alpha value is -2.58. The molecule has 1 aromatic carbocycles. The molecule has 0 unspecified atom stereocenters. The molecule has 4 rings (SSSR count). The first kappa shape index (κ1) is 19.7. The zero-order valence-corrected chi connectivity index (χ0v) is 16.4. The normalized spacial score (nSPS) is 17.2. The maximum absolute atomic E-state index is 14.4. The lowest BCUT2D eigenvalue weighted by molar-refractivity contribution is 0.101. The van der Waals surface area contributed by atoms with Crippen molar-refractivity contribution in [2.75, 3.05) is 44.2 Å². The first-order chi connectivity index (χ1) is 14.2. The molecule has 1 N–H and O–H groups in total. The zero-order chi connectivity index (χ0) is 20.1. The van der Waals surface area contributed by atoms with Crippen molar-refractivity contribution in [3.63, 3.8) is 0 Å². The minimum atomic E-state index is -0.438. The van der Waals surface area contributed by atoms with Crippen LogP contribution in [0, 0.1) is 5.82 Å². The van der Waals surface area contributed by atoms with Crippen LogP contribution in [0.1, 0.15) is 24.8 Å². The molecular formula is C21H26FN5O2. The van der Waals surface area contributed by atoms with Gasteiger partial charge in [-0.3, -0.25) is 4.90 Å². The summed E-state index contributed by atoms with van der Waals surface area (Å²) in [6.45, 7) is 4.81. The van der Waals surface area contributed by atoms with Gasteiger partial charge in [0.25, 0.3) is 0 Å². The van der Waals surface area contributed by atoms with Crippen LogP contribution in [-0.2, 0) is 11.4 Å². The molecular weight excluding hydrogens is 373 g/mol. The smallest absolute Gasteiger partial charge is 0.225 e. The van der Waals surface area contributed by atoms with Crippen molar-refractivity contribution in [2.24, 2.45) is 5.16 Å². The maximum atomic E-state index is 14.4. The van der Waals surface area contributed by atoms with Gasteiger partial charge in [0.2, 0.25) is 5.95 Å². The predicted molar refractivity (Wildman–Crippen MR) is 109 cm³/mol. The van der Waals surface area contributed by atoms with Gasteiger partial charge in [-0.25, -0.2) is 14.4 Å². The Balaban J connectivity index is 1.27. The van der Waals surface area contributed by atoms with Gasteiger partial charge >= 0.3 is 0 Å². The van der Waals surface area contributed by atoms with Gasteiger partial charge in [0, 0.05) is 35.6 Å². The molecule has 1 aromatic heterocycles. The van der Waals surface area contributed by atoms with Gasteiger partial charge in [0.1, 0.15) is 12.4 Å². The minimum Gasteiger partial charge on any atom is -0.394 e. The Labute approximate surface area is 169 Å². The molecule has 2 fully saturated rings. The van der Waals surface area contributed by atoms with E-state index in [2.05, 4.69) is 20.0 Å². The van der Waals surface area contributed by atoms with Crippen molar-refractivity contribution in [1.29, 1.82) is 0 Å². The lowest BCUT2D eigenvalue weighted by atomic mass is 10.1. The third kappa shape index (κ3) is 4.71. The number of nitrogens with zero attached hydrogens (tertiary/aromatic N) is 5. The predicted octanol–water partition coefficient (Wildman–Crippen LogP) is 2.45. The number of halogens is 1. The van der Waals surface area contributed by atoms with Gasteiger partial charge in [0.15, 0.2) is 0 Å². The summed E-state index contributed by atoms with van der Waals surface area (Å²) in [5.74, 6) is 0.145. The number of piperidine rings is 1. The van der Waals surface area contributed by atoms with Gasteiger partial charge in [-0.15, -0.1) is 0 Å². The van der Waals surface area contributed by atoms with Gasteiger partial charge in [0.05, 0.1) is 25.4 Å². The fraction of sp³-hybridized carbons (Fsp3) is 0.476. The Bertz CT molecular complexity index is 845. The van der Waals surface area contributed by atoms with Crippen LogP contribution in [0.4, 0.5) is 10.3 Å². The maximum Gasteiger partial charge on any atom is 0.225 e. The van der Waals surface area contributed by atoms with E-state index in [1.54, 1.807) is 30.6 Å². The Morgan fingerprint density at radius 3 is 2.59 bits per heavy atom. The summed E-state index contributed by atoms with van der Waals surface area (Å²) in [6.07, 6.45) is 7.10. The SMILES string of the molecule is OCc1cccc(-c2cnc(N3CC(=NOCCN4CCCCC4)C3)nc2)c1F. The number of aliphatic hydroxyl groups is 1. The molecule has 3 heterocycles. The summed E-state index contributed by atoms with van der Waals surface area (Å²) in [7, 11) is 0. The highest BCUT2D eigenvalue weighted by molar-refractivity contribution is 5.98. The summed E-state index contributed by atoms with van der Waals surface area (Å²) in [5, 5.41) is 13.4. The summed E-state index contributed by atoms with van der Waals surface area (Å²) < 4.78 is 14.4. The van der Waals surface area contributed by atoms with E-state index < -0.39 is 5.82 Å². The first-order valence-electron chi connectivity index (χ1n) is 10.1. The van der Waals surface area contributed by atoms with Crippen molar-refractivity contribution in [3.05, 3.63) is 42.0 Å². The van der Waals surface area contributed by atoms with E-state index in [1.165, 1.54) is 19.3 Å². The largest absolute Gasteiger partial charge is 0.394 e. The standard InChI is InChI=1S/C21H26FN5O2/c22-20-16(15-28)5-4-6-19(20)17-11-23-21(24-12-17)27-13-18(14-27)25-29-10-9-26-7-2-1-3-8-26/h4-6,11-12,28H,1-3,7-10,13-15H2. The van der Waals surface area contributed by atoms with Crippen molar-refractivity contribution < 1.29 is 14.3 Å². The van der Waals surface area contributed by atoms with Crippen LogP contribution >= 0.6 is 0 Å². The molecule has 29 heavy (non-hydrogen) atoms. The second-order valence-electron chi connectivity index (χ2n) is 7.46. The molecule has 154 valence electrons. The number of rotatable bonds is 7. The molecule has 2 aliphatic heterocycles. The van der Waals surface area contributed by atoms with Gasteiger partial charge in [-0.1, -0.05) is 29.8 Å². The number of aliphatic hydroxyl groups excluding tert-OH is 1. The molecule has 2 aromatic rings. The Morgan fingerprint density at radius 2 is 1.86 bits per heavy atom. The van der Waals surface area contributed by atoms with E-state index in [0.29, 0.717) is 36.8 Å². The molecule has 0 saturated carbocycles. The van der Waals surface area contributed by atoms with E-state index in [9.17, 15) is 9.50 Å². The molecule has 0 aliphatic carbocycles. The monoisotopic (exact) mass is 399 g/mol. The van der Waals surface area contributed by atoms with Crippen LogP contribution in [0.5, 0.6) is 0 Å². The van der Waals surface area contributed by atoms with Gasteiger partial charge in [-0.2, -0.15) is 0 Å². The third-order valence-electron chi connectivity index (χ3n) is 5.37. The van der Waals surface area contributed by atoms with Crippen LogP contribution in [0.25, 0.3) is 11.1 Å². The number of likely N-dealkylation sites (tertiary alicyclic amines) is 1. The van der Waals surface area contributed by atoms with E-state index >= 15 is 0 Å². The fourth-order valence-corrected chi connectivity index (χ4v) is 3.63. The molecule has 7 nitrogen and oxygen atoms in total. The van der Waals surface area contributed by atoms with Crippen LogP contribution in [0.15, 0.2) is 35.7 Å². The number of benzene rings is 1. The summed E-state index contributed by atoms with van der Waals surface area (Å²) in [6, 6.07) is 4.92. The third-order valence-corrected chi connectivity index (χ3v) is 5.37. The molecule has 8 heteroatoms. The van der Waals surface area contributed by atoms with Gasteiger partial charge in [-0.05, 0) is 25.9 Å². The number of hydrogen-bond acceptors (Lipinski definition) is 7. The van der Waals surface area contributed by atoms with Crippen molar-refractivity contribution in [2.45, 2.75) is 25.9 Å². The lowest BCUT2D eigenvalue weighted by Gasteiger charge is -2.32. The summed E-state index contributed by atoms with van der Waals surface area (Å²) in [5.41, 5.74) is 2.20. The highest BCUT2D eigenvalue weighted by Gasteiger charge is 2.25. The summed E-state index contributed by atoms with van der Waals surface area (Å²) in [4.78, 5) is 18.6. The van der Waals surface area contributed by atoms with Crippen molar-refractivity contribution >= 4 is 11.7 Å². The van der Waals surface area contributed by atoms with Gasteiger partial charge < -0.3 is 14.8 Å². The molecule has 0 spiro atoms. The number of hydrogen-bond donors (Lipinski definition) is 1. The topological polar surface area (TPSA) is 74.1 Å². The highest BCUT2D eigenvalue weighted by Crippen LogP contribution is 2.25. The molecule has 0 amide bonds. The van der Waals surface area contributed by atoms with Crippen LogP contribution in [-0.4, -0.2) is 65.0 Å². The number of aromatic nitrogens is 2. The lowest BCUT2D eigenvalue weighted by Crippen LogP contribution is -2.48. The number of oxime groups is 1. The average Bonchev–Trinajstić information content (AvgIpc) is 2.73. The second-order valence-corrected chi connectivity index (χ2v) is 7.46. The molecule has 0 radical (unpaired) electrons. The van der Waals surface area contributed by atoms with Crippen LogP contribution in [0.3, 0.4) is 0 Å². The fourth-order valence-electron chi connectivity index (χ4n) is 3.63. The molecule has 0 bridgehead atoms. The van der Waals surface area contributed by atoms with Crippen LogP contribution in [0.2, 0.25) is 0 Å². The van der Waals surface area contributed by atoms with E-state index in [4.69, 9.17) is 4.84 Å². The van der Waals surface area contributed by atoms with Crippen molar-refractivity contribution in [3.8, 4) is 11.1 Å². The van der Waals surface area contributed by atoms with E-state index in [0.717, 1.165) is 25.3 Å². The first-order valence-corrected chi connectivity index (χ1v) is 10.1. The Kier molecular flexibility index (Phi) is 6.31. The molecule has 2 saturated heterocycles.